The Morgan fingerprint density at radius 2 is 0.757 bits per heavy atom. The Kier molecular flexibility index (Phi) is 10.7. The normalized spacial score (nSPS) is 14.3. The largest absolute Gasteiger partial charge is 0.455 e. The number of benzene rings is 7. The fourth-order valence-electron chi connectivity index (χ4n) is 10.8. The van der Waals surface area contributed by atoms with E-state index in [1.165, 1.54) is 83.9 Å². The number of hydrogen-bond donors (Lipinski definition) is 0. The van der Waals surface area contributed by atoms with Gasteiger partial charge in [0.15, 0.2) is 0 Å². The summed E-state index contributed by atoms with van der Waals surface area (Å²) in [6.07, 6.45) is 0. The van der Waals surface area contributed by atoms with E-state index in [-0.39, 0.29) is 39.2 Å². The van der Waals surface area contributed by atoms with E-state index in [0.717, 1.165) is 33.1 Å². The van der Waals surface area contributed by atoms with Crippen molar-refractivity contribution < 1.29 is 4.42 Å². The van der Waals surface area contributed by atoms with E-state index >= 15 is 0 Å². The summed E-state index contributed by atoms with van der Waals surface area (Å²) in [5.41, 5.74) is 22.9. The molecule has 7 aromatic carbocycles. The van der Waals surface area contributed by atoms with Gasteiger partial charge in [-0.05, 0) is 142 Å². The predicted octanol–water partition coefficient (Wildman–Crippen LogP) is 17.1. The predicted molar refractivity (Wildman–Crippen MR) is 305 cm³/mol. The van der Waals surface area contributed by atoms with Gasteiger partial charge < -0.3 is 14.2 Å². The van der Waals surface area contributed by atoms with Crippen molar-refractivity contribution >= 4 is 79.2 Å². The number of anilines is 6. The average molecular weight is 923 g/mol. The Bertz CT molecular complexity index is 3160. The van der Waals surface area contributed by atoms with Crippen molar-refractivity contribution in [1.29, 1.82) is 0 Å². The first-order valence-electron chi connectivity index (χ1n) is 25.8. The van der Waals surface area contributed by atoms with Gasteiger partial charge in [0.25, 0.3) is 6.71 Å². The van der Waals surface area contributed by atoms with E-state index in [9.17, 15) is 0 Å². The fraction of sp³-hybridized carbons (Fsp3) is 0.364. The summed E-state index contributed by atoms with van der Waals surface area (Å²) in [4.78, 5) is 5.26. The SMILES string of the molecule is CC(C)(C)c1cc(N2c3ccc(C(C)(C)C)cc3B3c4cc(C(C)(C)C)ccc4N(c4cc(C(C)(C)C)cc(C(C)(C)C)c4)c4cc(-c5cccc6c5oc5ccccc56)cc2c43)cc(C(C)(C)C)c1. The van der Waals surface area contributed by atoms with Crippen LogP contribution >= 0.6 is 0 Å². The molecule has 0 radical (unpaired) electrons. The molecule has 0 unspecified atom stereocenters. The minimum Gasteiger partial charge on any atom is -0.455 e. The van der Waals surface area contributed by atoms with Crippen molar-refractivity contribution in [1.82, 2.24) is 0 Å². The number of hydrogen-bond acceptors (Lipinski definition) is 3. The minimum absolute atomic E-state index is 0.0380. The van der Waals surface area contributed by atoms with E-state index < -0.39 is 0 Å². The molecule has 3 nitrogen and oxygen atoms in total. The van der Waals surface area contributed by atoms with Gasteiger partial charge >= 0.3 is 0 Å². The minimum atomic E-state index is -0.0760. The summed E-state index contributed by atoms with van der Waals surface area (Å²) in [5.74, 6) is 0. The highest BCUT2D eigenvalue weighted by molar-refractivity contribution is 7.00. The monoisotopic (exact) mass is 923 g/mol. The first-order chi connectivity index (χ1) is 32.5. The Hall–Kier alpha value is -6.00. The number of fused-ring (bicyclic) bond motifs is 7. The summed E-state index contributed by atoms with van der Waals surface area (Å²) < 4.78 is 6.90. The maximum absolute atomic E-state index is 6.90. The second-order valence-corrected chi connectivity index (χ2v) is 26.9. The van der Waals surface area contributed by atoms with E-state index in [0.29, 0.717) is 0 Å². The second kappa shape index (κ2) is 15.8. The van der Waals surface area contributed by atoms with Gasteiger partial charge in [-0.3, -0.25) is 0 Å². The number of para-hydroxylation sites is 2. The lowest BCUT2D eigenvalue weighted by Crippen LogP contribution is -2.61. The van der Waals surface area contributed by atoms with Crippen LogP contribution in [0.3, 0.4) is 0 Å². The Balaban J connectivity index is 1.41. The zero-order chi connectivity index (χ0) is 50.4. The lowest BCUT2D eigenvalue weighted by Gasteiger charge is -2.46. The van der Waals surface area contributed by atoms with Crippen LogP contribution in [0, 0.1) is 0 Å². The van der Waals surface area contributed by atoms with Gasteiger partial charge in [0, 0.05) is 50.5 Å². The maximum atomic E-state index is 6.90. The molecular weight excluding hydrogens is 848 g/mol. The Morgan fingerprint density at radius 3 is 1.17 bits per heavy atom. The van der Waals surface area contributed by atoms with E-state index in [2.05, 4.69) is 262 Å². The van der Waals surface area contributed by atoms with Crippen LogP contribution in [0.4, 0.5) is 34.1 Å². The average Bonchev–Trinajstić information content (AvgIpc) is 3.65. The van der Waals surface area contributed by atoms with Crippen LogP contribution in [0.15, 0.2) is 132 Å². The molecule has 0 saturated carbocycles. The quantitative estimate of drug-likeness (QED) is 0.165. The molecule has 0 N–H and O–H groups in total. The highest BCUT2D eigenvalue weighted by Crippen LogP contribution is 2.50. The van der Waals surface area contributed by atoms with Gasteiger partial charge in [0.1, 0.15) is 11.2 Å². The molecule has 2 aliphatic rings. The molecule has 0 amide bonds. The molecule has 0 aliphatic carbocycles. The van der Waals surface area contributed by atoms with E-state index in [1.807, 2.05) is 0 Å². The van der Waals surface area contributed by atoms with Gasteiger partial charge in [0.2, 0.25) is 0 Å². The molecule has 0 saturated heterocycles. The smallest absolute Gasteiger partial charge is 0.252 e. The molecule has 8 aromatic rings. The van der Waals surface area contributed by atoms with Gasteiger partial charge in [-0.2, -0.15) is 0 Å². The van der Waals surface area contributed by atoms with E-state index in [1.54, 1.807) is 0 Å². The second-order valence-electron chi connectivity index (χ2n) is 26.9. The van der Waals surface area contributed by atoms with Crippen LogP contribution in [0.5, 0.6) is 0 Å². The topological polar surface area (TPSA) is 19.6 Å². The van der Waals surface area contributed by atoms with Gasteiger partial charge in [-0.25, -0.2) is 0 Å². The third-order valence-corrected chi connectivity index (χ3v) is 15.3. The van der Waals surface area contributed by atoms with Crippen LogP contribution in [-0.2, 0) is 32.5 Å². The van der Waals surface area contributed by atoms with E-state index in [4.69, 9.17) is 4.42 Å². The fourth-order valence-corrected chi connectivity index (χ4v) is 10.8. The van der Waals surface area contributed by atoms with Crippen molar-refractivity contribution in [2.24, 2.45) is 0 Å². The molecular formula is C66H75BN2O. The molecule has 0 fully saturated rings. The lowest BCUT2D eigenvalue weighted by molar-refractivity contribution is 0.568. The molecule has 2 aliphatic heterocycles. The highest BCUT2D eigenvalue weighted by atomic mass is 16.3. The van der Waals surface area contributed by atoms with Gasteiger partial charge in [-0.1, -0.05) is 197 Å². The third kappa shape index (κ3) is 8.08. The first-order valence-corrected chi connectivity index (χ1v) is 25.8. The van der Waals surface area contributed by atoms with Crippen molar-refractivity contribution in [3.05, 3.63) is 161 Å². The zero-order valence-corrected chi connectivity index (χ0v) is 45.5. The molecule has 0 atom stereocenters. The number of nitrogens with zero attached hydrogens (tertiary/aromatic N) is 2. The van der Waals surface area contributed by atoms with Crippen molar-refractivity contribution in [2.75, 3.05) is 9.80 Å². The molecule has 0 spiro atoms. The molecule has 70 heavy (non-hydrogen) atoms. The van der Waals surface area contributed by atoms with Gasteiger partial charge in [0.05, 0.1) is 0 Å². The molecule has 3 heterocycles. The Labute approximate surface area is 420 Å². The molecule has 358 valence electrons. The van der Waals surface area contributed by atoms with Crippen LogP contribution in [0.2, 0.25) is 0 Å². The van der Waals surface area contributed by atoms with Crippen LogP contribution in [-0.4, -0.2) is 6.71 Å². The van der Waals surface area contributed by atoms with Gasteiger partial charge in [-0.15, -0.1) is 0 Å². The standard InChI is InChI=1S/C66H75BN2O/c1-61(2,3)41-26-28-54-52(38-41)67-53-39-42(62(4,5)6)27-29-55(53)69(48-36-45(65(13,14)15)33-46(37-48)66(16,17)18)57-31-40(49-23-21-24-51-50-22-19-20-25-58(50)70-60(49)51)30-56(59(57)67)68(54)47-34-43(63(7,8)9)32-44(35-47)64(10,11)12/h19-39H,1-18H3. The summed E-state index contributed by atoms with van der Waals surface area (Å²) in [7, 11) is 0. The van der Waals surface area contributed by atoms with Crippen molar-refractivity contribution in [3.8, 4) is 11.1 Å². The highest BCUT2D eigenvalue weighted by Gasteiger charge is 2.45. The van der Waals surface area contributed by atoms with Crippen molar-refractivity contribution in [3.63, 3.8) is 0 Å². The summed E-state index contributed by atoms with van der Waals surface area (Å²) >= 11 is 0. The summed E-state index contributed by atoms with van der Waals surface area (Å²) in [5, 5.41) is 2.27. The van der Waals surface area contributed by atoms with Crippen LogP contribution in [0.25, 0.3) is 33.1 Å². The number of rotatable bonds is 3. The summed E-state index contributed by atoms with van der Waals surface area (Å²) in [6, 6.07) is 49.7. The van der Waals surface area contributed by atoms with Crippen LogP contribution < -0.4 is 26.2 Å². The summed E-state index contributed by atoms with van der Waals surface area (Å²) in [6.45, 7) is 42.3. The van der Waals surface area contributed by atoms with Crippen molar-refractivity contribution in [2.45, 2.75) is 157 Å². The third-order valence-electron chi connectivity index (χ3n) is 15.3. The Morgan fingerprint density at radius 1 is 0.357 bits per heavy atom. The lowest BCUT2D eigenvalue weighted by atomic mass is 9.33. The first kappa shape index (κ1) is 47.7. The zero-order valence-electron chi connectivity index (χ0n) is 45.5. The molecule has 10 rings (SSSR count). The molecule has 4 heteroatoms. The van der Waals surface area contributed by atoms with Crippen LogP contribution in [0.1, 0.15) is 158 Å². The molecule has 1 aromatic heterocycles. The maximum Gasteiger partial charge on any atom is 0.252 e. The number of furan rings is 1. The molecule has 0 bridgehead atoms.